The first kappa shape index (κ1) is 9.88. The van der Waals surface area contributed by atoms with E-state index in [0.29, 0.717) is 5.91 Å². The number of benzene rings is 1. The highest BCUT2D eigenvalue weighted by Crippen LogP contribution is 2.34. The molecule has 3 rings (SSSR count). The zero-order valence-electron chi connectivity index (χ0n) is 9.43. The molecule has 1 aromatic rings. The summed E-state index contributed by atoms with van der Waals surface area (Å²) in [5.74, 6) is 1.27. The van der Waals surface area contributed by atoms with Crippen LogP contribution in [0.15, 0.2) is 30.3 Å². The fraction of sp³-hybridized carbons (Fsp3) is 0.500. The number of likely N-dealkylation sites (tertiary alicyclic amines) is 1. The molecule has 1 saturated carbocycles. The molecule has 0 bridgehead atoms. The van der Waals surface area contributed by atoms with Crippen LogP contribution in [0.4, 0.5) is 0 Å². The molecular weight excluding hydrogens is 198 g/mol. The lowest BCUT2D eigenvalue weighted by Crippen LogP contribution is -2.28. The number of nitrogens with zero attached hydrogens (tertiary/aromatic N) is 1. The Balaban J connectivity index is 1.71. The van der Waals surface area contributed by atoms with Crippen molar-refractivity contribution >= 4 is 5.91 Å². The molecule has 2 fully saturated rings. The zero-order chi connectivity index (χ0) is 11.0. The summed E-state index contributed by atoms with van der Waals surface area (Å²) >= 11 is 0. The van der Waals surface area contributed by atoms with E-state index in [4.69, 9.17) is 0 Å². The summed E-state index contributed by atoms with van der Waals surface area (Å²) in [4.78, 5) is 14.3. The van der Waals surface area contributed by atoms with Crippen molar-refractivity contribution in [3.63, 3.8) is 0 Å². The standard InChI is InChI=1S/C14H17NO/c16-14-13(12-4-2-1-3-5-12)8-9-15(14)10-11-6-7-11/h1-5,11,13H,6-10H2/t13-/m0/s1. The highest BCUT2D eigenvalue weighted by Gasteiger charge is 2.35. The van der Waals surface area contributed by atoms with Crippen molar-refractivity contribution in [1.82, 2.24) is 4.90 Å². The first-order chi connectivity index (χ1) is 7.84. The van der Waals surface area contributed by atoms with Gasteiger partial charge in [-0.25, -0.2) is 0 Å². The van der Waals surface area contributed by atoms with Crippen molar-refractivity contribution in [3.05, 3.63) is 35.9 Å². The van der Waals surface area contributed by atoms with Gasteiger partial charge in [0.05, 0.1) is 5.92 Å². The molecule has 84 valence electrons. The van der Waals surface area contributed by atoms with E-state index in [1.165, 1.54) is 18.4 Å². The third-order valence-electron chi connectivity index (χ3n) is 3.67. The molecule has 0 spiro atoms. The fourth-order valence-electron chi connectivity index (χ4n) is 2.53. The average molecular weight is 215 g/mol. The first-order valence-electron chi connectivity index (χ1n) is 6.18. The van der Waals surface area contributed by atoms with Crippen LogP contribution in [0.3, 0.4) is 0 Å². The van der Waals surface area contributed by atoms with E-state index in [-0.39, 0.29) is 5.92 Å². The van der Waals surface area contributed by atoms with Crippen LogP contribution in [0.1, 0.15) is 30.7 Å². The van der Waals surface area contributed by atoms with Gasteiger partial charge in [0.25, 0.3) is 0 Å². The number of amides is 1. The molecule has 1 atom stereocenters. The van der Waals surface area contributed by atoms with Gasteiger partial charge in [0.2, 0.25) is 5.91 Å². The Labute approximate surface area is 96.3 Å². The predicted molar refractivity (Wildman–Crippen MR) is 63.1 cm³/mol. The molecule has 0 N–H and O–H groups in total. The fourth-order valence-corrected chi connectivity index (χ4v) is 2.53. The summed E-state index contributed by atoms with van der Waals surface area (Å²) in [6, 6.07) is 10.2. The van der Waals surface area contributed by atoms with Gasteiger partial charge < -0.3 is 4.90 Å². The monoisotopic (exact) mass is 215 g/mol. The van der Waals surface area contributed by atoms with Gasteiger partial charge >= 0.3 is 0 Å². The topological polar surface area (TPSA) is 20.3 Å². The van der Waals surface area contributed by atoms with E-state index in [2.05, 4.69) is 17.0 Å². The van der Waals surface area contributed by atoms with Gasteiger partial charge in [-0.15, -0.1) is 0 Å². The Hall–Kier alpha value is -1.31. The van der Waals surface area contributed by atoms with Crippen molar-refractivity contribution in [2.75, 3.05) is 13.1 Å². The Kier molecular flexibility index (Phi) is 2.43. The van der Waals surface area contributed by atoms with Gasteiger partial charge in [-0.3, -0.25) is 4.79 Å². The Morgan fingerprint density at radius 3 is 2.56 bits per heavy atom. The average Bonchev–Trinajstić information content (AvgIpc) is 3.06. The van der Waals surface area contributed by atoms with Gasteiger partial charge in [-0.05, 0) is 30.7 Å². The summed E-state index contributed by atoms with van der Waals surface area (Å²) in [5.41, 5.74) is 1.19. The maximum absolute atomic E-state index is 12.2. The Morgan fingerprint density at radius 1 is 1.12 bits per heavy atom. The van der Waals surface area contributed by atoms with Crippen molar-refractivity contribution in [2.24, 2.45) is 5.92 Å². The van der Waals surface area contributed by atoms with Crippen LogP contribution in [0.2, 0.25) is 0 Å². The molecule has 2 heteroatoms. The first-order valence-corrected chi connectivity index (χ1v) is 6.18. The molecule has 0 aromatic heterocycles. The van der Waals surface area contributed by atoms with E-state index >= 15 is 0 Å². The second-order valence-electron chi connectivity index (χ2n) is 4.98. The van der Waals surface area contributed by atoms with Crippen molar-refractivity contribution in [2.45, 2.75) is 25.2 Å². The minimum Gasteiger partial charge on any atom is -0.342 e. The summed E-state index contributed by atoms with van der Waals surface area (Å²) < 4.78 is 0. The molecule has 0 radical (unpaired) electrons. The molecule has 1 amide bonds. The van der Waals surface area contributed by atoms with Crippen LogP contribution < -0.4 is 0 Å². The number of hydrogen-bond donors (Lipinski definition) is 0. The lowest BCUT2D eigenvalue weighted by atomic mass is 9.98. The number of carbonyl (C=O) groups is 1. The van der Waals surface area contributed by atoms with Gasteiger partial charge in [0, 0.05) is 13.1 Å². The smallest absolute Gasteiger partial charge is 0.230 e. The molecule has 1 aliphatic carbocycles. The van der Waals surface area contributed by atoms with E-state index in [1.807, 2.05) is 18.2 Å². The predicted octanol–water partition coefficient (Wildman–Crippen LogP) is 2.41. The lowest BCUT2D eigenvalue weighted by molar-refractivity contribution is -0.129. The minimum absolute atomic E-state index is 0.125. The highest BCUT2D eigenvalue weighted by molar-refractivity contribution is 5.85. The van der Waals surface area contributed by atoms with Crippen molar-refractivity contribution in [1.29, 1.82) is 0 Å². The summed E-state index contributed by atoms with van der Waals surface area (Å²) in [7, 11) is 0. The van der Waals surface area contributed by atoms with Gasteiger partial charge in [0.1, 0.15) is 0 Å². The summed E-state index contributed by atoms with van der Waals surface area (Å²) in [5, 5.41) is 0. The van der Waals surface area contributed by atoms with Crippen LogP contribution in [0.5, 0.6) is 0 Å². The van der Waals surface area contributed by atoms with Crippen LogP contribution in [0, 0.1) is 5.92 Å². The summed E-state index contributed by atoms with van der Waals surface area (Å²) in [6.07, 6.45) is 3.63. The largest absolute Gasteiger partial charge is 0.342 e. The number of carbonyl (C=O) groups excluding carboxylic acids is 1. The highest BCUT2D eigenvalue weighted by atomic mass is 16.2. The minimum atomic E-state index is 0.125. The van der Waals surface area contributed by atoms with Crippen LogP contribution in [-0.2, 0) is 4.79 Å². The van der Waals surface area contributed by atoms with Crippen LogP contribution in [0.25, 0.3) is 0 Å². The van der Waals surface area contributed by atoms with Crippen LogP contribution >= 0.6 is 0 Å². The number of hydrogen-bond acceptors (Lipinski definition) is 1. The molecule has 16 heavy (non-hydrogen) atoms. The number of rotatable bonds is 3. The molecule has 0 unspecified atom stereocenters. The van der Waals surface area contributed by atoms with Crippen molar-refractivity contribution in [3.8, 4) is 0 Å². The van der Waals surface area contributed by atoms with E-state index in [9.17, 15) is 4.79 Å². The maximum atomic E-state index is 12.2. The SMILES string of the molecule is O=C1[C@H](c2ccccc2)CCN1CC1CC1. The maximum Gasteiger partial charge on any atom is 0.230 e. The van der Waals surface area contributed by atoms with Crippen molar-refractivity contribution < 1.29 is 4.79 Å². The Morgan fingerprint density at radius 2 is 1.88 bits per heavy atom. The third kappa shape index (κ3) is 1.84. The molecule has 1 aromatic carbocycles. The van der Waals surface area contributed by atoms with E-state index in [0.717, 1.165) is 25.4 Å². The molecule has 1 aliphatic heterocycles. The van der Waals surface area contributed by atoms with Gasteiger partial charge in [-0.2, -0.15) is 0 Å². The van der Waals surface area contributed by atoms with Gasteiger partial charge in [0.15, 0.2) is 0 Å². The quantitative estimate of drug-likeness (QED) is 0.758. The third-order valence-corrected chi connectivity index (χ3v) is 3.67. The molecule has 2 aliphatic rings. The Bertz CT molecular complexity index is 383. The van der Waals surface area contributed by atoms with Crippen LogP contribution in [-0.4, -0.2) is 23.9 Å². The normalized spacial score (nSPS) is 25.1. The molecule has 2 nitrogen and oxygen atoms in total. The summed E-state index contributed by atoms with van der Waals surface area (Å²) in [6.45, 7) is 1.96. The lowest BCUT2D eigenvalue weighted by Gasteiger charge is -2.16. The van der Waals surface area contributed by atoms with E-state index < -0.39 is 0 Å². The van der Waals surface area contributed by atoms with Gasteiger partial charge in [-0.1, -0.05) is 30.3 Å². The zero-order valence-corrected chi connectivity index (χ0v) is 9.43. The molecular formula is C14H17NO. The second kappa shape index (κ2) is 3.93. The molecule has 1 saturated heterocycles. The second-order valence-corrected chi connectivity index (χ2v) is 4.98. The van der Waals surface area contributed by atoms with E-state index in [1.54, 1.807) is 0 Å². The molecule has 1 heterocycles.